The van der Waals surface area contributed by atoms with Gasteiger partial charge in [-0.25, -0.2) is 0 Å². The maximum atomic E-state index is 10.3. The fraction of sp³-hybridized carbons (Fsp3) is 0.902. The molecule has 0 amide bonds. The van der Waals surface area contributed by atoms with Gasteiger partial charge in [0.15, 0.2) is 0 Å². The van der Waals surface area contributed by atoms with Crippen molar-refractivity contribution in [2.45, 2.75) is 423 Å². The summed E-state index contributed by atoms with van der Waals surface area (Å²) >= 11 is 0. The van der Waals surface area contributed by atoms with Gasteiger partial charge >= 0.3 is 0 Å². The van der Waals surface area contributed by atoms with Crippen LogP contribution in [0.4, 0.5) is 0 Å². The molecule has 0 heterocycles. The Balaban J connectivity index is -0.0000000703. The van der Waals surface area contributed by atoms with E-state index < -0.39 is 0 Å². The first-order chi connectivity index (χ1) is 65.4. The SMILES string of the molecule is C#CCCCC(C)C.C#CCCCC(C)C.C#CCOCCC(C)C.C#CCOCCOCCC(C)C.C#CCOCCOCCOCCC(C)C.CC(=O)CC(C)C.CC(C)CCCCCCN=[N+]=[N-].CC(C)CCOCCN=[N+]=[N-].CC(C)CCOCCOCCN=[N+]=[N-].CC(C)CCOCCOCCOCCN=[N+]=[N-].CCC.CCC.CCC.CCC.CCC.CCC.CCC.CCC. The first-order valence-electron chi connectivity index (χ1n) is 53.0. The number of terminal acetylenes is 5. The highest BCUT2D eigenvalue weighted by atomic mass is 16.6. The van der Waals surface area contributed by atoms with E-state index in [0.29, 0.717) is 187 Å². The minimum atomic E-state index is 0.287. The van der Waals surface area contributed by atoms with Crippen LogP contribution in [-0.4, -0.2) is 191 Å². The predicted octanol–water partition coefficient (Wildman–Crippen LogP) is 34.0. The van der Waals surface area contributed by atoms with Crippen molar-refractivity contribution >= 4 is 5.78 Å². The minimum absolute atomic E-state index is 0.287. The summed E-state index contributed by atoms with van der Waals surface area (Å²) in [5, 5.41) is 13.5. The van der Waals surface area contributed by atoms with Crippen LogP contribution in [0.2, 0.25) is 0 Å². The van der Waals surface area contributed by atoms with Crippen LogP contribution in [-0.2, 0) is 61.6 Å². The second-order valence-electron chi connectivity index (χ2n) is 35.7. The Morgan fingerprint density at radius 2 is 0.394 bits per heavy atom. The van der Waals surface area contributed by atoms with Gasteiger partial charge in [0.25, 0.3) is 0 Å². The van der Waals surface area contributed by atoms with Gasteiger partial charge in [0.05, 0.1) is 99.1 Å². The van der Waals surface area contributed by atoms with Gasteiger partial charge in [0.2, 0.25) is 0 Å². The van der Waals surface area contributed by atoms with Gasteiger partial charge in [-0.3, -0.25) is 0 Å². The predicted molar refractivity (Wildman–Crippen MR) is 600 cm³/mol. The van der Waals surface area contributed by atoms with Gasteiger partial charge in [-0.1, -0.05) is 377 Å². The maximum Gasteiger partial charge on any atom is 0.130 e. The number of unbranched alkanes of at least 4 members (excludes halogenated alkanes) is 5. The number of hydrogen-bond acceptors (Lipinski definition) is 17. The molecule has 820 valence electrons. The summed E-state index contributed by atoms with van der Waals surface area (Å²) < 4.78 is 62.6. The molecule has 25 nitrogen and oxygen atoms in total. The lowest BCUT2D eigenvalue weighted by molar-refractivity contribution is -0.117. The number of Topliss-reactive ketones (excluding diaryl/α,β-unsaturated/α-hetero) is 1. The lowest BCUT2D eigenvalue weighted by atomic mass is 10.0. The first-order valence-corrected chi connectivity index (χ1v) is 53.0. The molecule has 0 aliphatic carbocycles. The molecule has 0 aliphatic heterocycles. The van der Waals surface area contributed by atoms with Gasteiger partial charge in [-0.05, 0) is 146 Å². The zero-order valence-electron chi connectivity index (χ0n) is 97.5. The molecule has 0 aromatic heterocycles. The van der Waals surface area contributed by atoms with Gasteiger partial charge < -0.3 is 61.6 Å². The number of nitrogens with zero attached hydrogens (tertiary/aromatic N) is 12. The molecule has 0 fully saturated rings. The largest absolute Gasteiger partial charge is 0.381 e. The highest BCUT2D eigenvalue weighted by Gasteiger charge is 2.01. The average Bonchev–Trinajstić information content (AvgIpc) is 1.09. The summed E-state index contributed by atoms with van der Waals surface area (Å²) in [6.07, 6.45) is 55.3. The van der Waals surface area contributed by atoms with E-state index in [1.165, 1.54) is 103 Å². The van der Waals surface area contributed by atoms with Crippen molar-refractivity contribution in [2.75, 3.05) is 185 Å². The third kappa shape index (κ3) is 359. The highest BCUT2D eigenvalue weighted by molar-refractivity contribution is 5.75. The van der Waals surface area contributed by atoms with E-state index in [-0.39, 0.29) is 5.78 Å². The fourth-order valence-electron chi connectivity index (χ4n) is 7.32. The zero-order chi connectivity index (χ0) is 109. The Hall–Kier alpha value is -5.77. The summed E-state index contributed by atoms with van der Waals surface area (Å²) in [6.45, 7) is 95.5. The van der Waals surface area contributed by atoms with Crippen LogP contribution in [0.1, 0.15) is 423 Å². The molecular weight excluding hydrogens is 1720 g/mol. The summed E-state index contributed by atoms with van der Waals surface area (Å²) in [7, 11) is 0. The fourth-order valence-corrected chi connectivity index (χ4v) is 7.32. The molecule has 0 saturated heterocycles. The van der Waals surface area contributed by atoms with Crippen molar-refractivity contribution in [3.63, 3.8) is 0 Å². The number of carbonyl (C=O) groups is 1. The lowest BCUT2D eigenvalue weighted by Gasteiger charge is -2.07. The topological polar surface area (TPSA) is 323 Å². The molecular formula is C112H234N12O13. The summed E-state index contributed by atoms with van der Waals surface area (Å²) in [4.78, 5) is 20.8. The Morgan fingerprint density at radius 3 is 0.577 bits per heavy atom. The van der Waals surface area contributed by atoms with Crippen molar-refractivity contribution in [1.82, 2.24) is 0 Å². The van der Waals surface area contributed by atoms with Crippen molar-refractivity contribution in [3.8, 4) is 61.7 Å². The number of ketones is 1. The van der Waals surface area contributed by atoms with Crippen molar-refractivity contribution < 1.29 is 61.6 Å². The van der Waals surface area contributed by atoms with E-state index in [0.717, 1.165) is 122 Å². The third-order valence-electron chi connectivity index (χ3n) is 13.8. The van der Waals surface area contributed by atoms with Crippen LogP contribution in [0, 0.1) is 121 Å². The van der Waals surface area contributed by atoms with E-state index in [4.69, 9.17) is 111 Å². The molecule has 0 aromatic carbocycles. The van der Waals surface area contributed by atoms with Crippen LogP contribution in [0.5, 0.6) is 0 Å². The van der Waals surface area contributed by atoms with Crippen molar-refractivity contribution in [2.24, 2.45) is 79.6 Å². The molecule has 0 saturated carbocycles. The molecule has 137 heavy (non-hydrogen) atoms. The van der Waals surface area contributed by atoms with Gasteiger partial charge in [-0.2, -0.15) is 0 Å². The van der Waals surface area contributed by atoms with Crippen molar-refractivity contribution in [3.05, 3.63) is 41.8 Å². The van der Waals surface area contributed by atoms with Gasteiger partial charge in [-0.15, -0.1) is 44.0 Å². The number of hydrogen-bond donors (Lipinski definition) is 0. The summed E-state index contributed by atoms with van der Waals surface area (Å²) in [5.74, 6) is 19.9. The zero-order valence-corrected chi connectivity index (χ0v) is 97.5. The number of carbonyl (C=O) groups excluding carboxylic acids is 1. The molecule has 0 spiro atoms. The quantitative estimate of drug-likeness (QED) is 0.0180. The number of rotatable bonds is 63. The normalized spacial score (nSPS) is 9.30. The number of ether oxygens (including phenoxy) is 12. The van der Waals surface area contributed by atoms with E-state index >= 15 is 0 Å². The van der Waals surface area contributed by atoms with E-state index in [1.54, 1.807) is 6.92 Å². The average molecular weight is 1960 g/mol. The molecule has 0 bridgehead atoms. The molecule has 0 rings (SSSR count). The lowest BCUT2D eigenvalue weighted by Crippen LogP contribution is -2.11. The Morgan fingerprint density at radius 1 is 0.226 bits per heavy atom. The molecule has 0 N–H and O–H groups in total. The Labute approximate surface area is 853 Å². The molecule has 0 unspecified atom stereocenters. The Kier molecular flexibility index (Phi) is 244. The molecule has 0 atom stereocenters. The summed E-state index contributed by atoms with van der Waals surface area (Å²) in [6, 6.07) is 0. The van der Waals surface area contributed by atoms with Crippen LogP contribution >= 0.6 is 0 Å². The highest BCUT2D eigenvalue weighted by Crippen LogP contribution is 2.11. The second-order valence-corrected chi connectivity index (χ2v) is 35.7. The minimum Gasteiger partial charge on any atom is -0.381 e. The molecule has 0 aromatic rings. The number of azide groups is 4. The standard InChI is InChI=1S/C12H22O3.C11H23N3O3.C10H18O2.C9H19N3O2.C9H19N3.C8H14O.2C8H14.C7H15N3O.C6H12O.8C3H8/c1-4-6-13-8-10-15-11-9-14-7-5-12(2)3;1-11(2)3-5-15-7-9-17-10-8-16-6-4-13-14-12;1-4-6-11-8-9-12-7-5-10(2)3;1-9(2)3-5-13-7-8-14-6-4-11-12-10;1-9(2)7-5-3-4-6-8-11-12-10;1-4-6-9-7-5-8(2)3;2*1-4-5-6-7-8(2)3;1-7(2)3-5-11-6-4-9-10-8;1-5(2)4-6(3)7;8*1-3-2/h1,12H,5-11H2,2-3H3;11H,3-10H2,1-2H3;1,10H,5-9H2,2-3H3;9H,3-8H2,1-2H3;9H,3-8H2,1-2H3;1,8H,5-7H2,2-3H3;2*1,8H,5-7H2,2-3H3;7H,3-6H2,1-2H3;5H,4H2,1-3H3;8*3H2,1-2H3. The van der Waals surface area contributed by atoms with Crippen LogP contribution < -0.4 is 0 Å². The summed E-state index contributed by atoms with van der Waals surface area (Å²) in [5.41, 5.74) is 31.9. The van der Waals surface area contributed by atoms with Crippen molar-refractivity contribution in [1.29, 1.82) is 0 Å². The first kappa shape index (κ1) is 174. The third-order valence-corrected chi connectivity index (χ3v) is 13.8. The molecule has 0 aliphatic rings. The molecule has 25 heteroatoms. The Bertz CT molecular complexity index is 2370. The second kappa shape index (κ2) is 193. The van der Waals surface area contributed by atoms with Crippen LogP contribution in [0.15, 0.2) is 20.5 Å². The van der Waals surface area contributed by atoms with Gasteiger partial charge in [0, 0.05) is 105 Å². The molecule has 0 radical (unpaired) electrons. The van der Waals surface area contributed by atoms with Gasteiger partial charge in [0.1, 0.15) is 25.6 Å². The van der Waals surface area contributed by atoms with Crippen LogP contribution in [0.25, 0.3) is 41.8 Å². The monoisotopic (exact) mass is 1960 g/mol. The van der Waals surface area contributed by atoms with E-state index in [1.807, 2.05) is 13.8 Å². The van der Waals surface area contributed by atoms with Crippen LogP contribution in [0.3, 0.4) is 0 Å². The maximum absolute atomic E-state index is 10.3. The van der Waals surface area contributed by atoms with E-state index in [9.17, 15) is 4.79 Å². The van der Waals surface area contributed by atoms with E-state index in [2.05, 4.69) is 305 Å². The smallest absolute Gasteiger partial charge is 0.130 e.